The summed E-state index contributed by atoms with van der Waals surface area (Å²) in [6.45, 7) is 6.61. The zero-order valence-corrected chi connectivity index (χ0v) is 14.5. The van der Waals surface area contributed by atoms with Gasteiger partial charge in [-0.3, -0.25) is 4.79 Å². The van der Waals surface area contributed by atoms with E-state index < -0.39 is 5.97 Å². The first-order chi connectivity index (χ1) is 11.0. The van der Waals surface area contributed by atoms with Gasteiger partial charge in [-0.05, 0) is 56.3 Å². The van der Waals surface area contributed by atoms with Crippen molar-refractivity contribution in [2.24, 2.45) is 11.8 Å². The van der Waals surface area contributed by atoms with Crippen molar-refractivity contribution in [2.75, 3.05) is 0 Å². The number of rotatable bonds is 8. The highest BCUT2D eigenvalue weighted by Gasteiger charge is 2.41. The maximum atomic E-state index is 11.1. The number of carbonyl (C=O) groups is 1. The second-order valence-electron chi connectivity index (χ2n) is 7.99. The van der Waals surface area contributed by atoms with Gasteiger partial charge in [0.15, 0.2) is 0 Å². The molecule has 128 valence electrons. The molecule has 2 saturated carbocycles. The van der Waals surface area contributed by atoms with Gasteiger partial charge in [0.2, 0.25) is 0 Å². The van der Waals surface area contributed by atoms with E-state index in [9.17, 15) is 4.79 Å². The molecule has 0 aromatic carbocycles. The lowest BCUT2D eigenvalue weighted by atomic mass is 9.69. The van der Waals surface area contributed by atoms with Crippen LogP contribution in [0.2, 0.25) is 0 Å². The smallest absolute Gasteiger partial charge is 0.304 e. The molecule has 4 nitrogen and oxygen atoms in total. The Morgan fingerprint density at radius 1 is 1.30 bits per heavy atom. The van der Waals surface area contributed by atoms with Crippen molar-refractivity contribution >= 4 is 5.97 Å². The normalized spacial score (nSPS) is 25.4. The fourth-order valence-electron chi connectivity index (χ4n) is 4.15. The van der Waals surface area contributed by atoms with E-state index in [1.807, 2.05) is 6.92 Å². The van der Waals surface area contributed by atoms with Gasteiger partial charge in [-0.2, -0.15) is 0 Å². The highest BCUT2D eigenvalue weighted by molar-refractivity contribution is 5.68. The van der Waals surface area contributed by atoms with Crippen molar-refractivity contribution in [3.05, 3.63) is 17.0 Å². The van der Waals surface area contributed by atoms with E-state index in [1.165, 1.54) is 37.7 Å². The Hall–Kier alpha value is -1.32. The summed E-state index contributed by atoms with van der Waals surface area (Å²) in [7, 11) is 0. The summed E-state index contributed by atoms with van der Waals surface area (Å²) < 4.78 is 5.78. The van der Waals surface area contributed by atoms with Gasteiger partial charge in [-0.15, -0.1) is 0 Å². The number of hydrogen-bond donors (Lipinski definition) is 1. The lowest BCUT2D eigenvalue weighted by Gasteiger charge is -2.35. The minimum Gasteiger partial charge on any atom is -0.481 e. The number of aromatic nitrogens is 1. The van der Waals surface area contributed by atoms with Crippen LogP contribution >= 0.6 is 0 Å². The lowest BCUT2D eigenvalue weighted by Crippen LogP contribution is -2.23. The monoisotopic (exact) mass is 319 g/mol. The summed E-state index contributed by atoms with van der Waals surface area (Å²) >= 11 is 0. The maximum absolute atomic E-state index is 11.1. The van der Waals surface area contributed by atoms with Crippen LogP contribution in [-0.2, 0) is 4.79 Å². The quantitative estimate of drug-likeness (QED) is 0.727. The lowest BCUT2D eigenvalue weighted by molar-refractivity contribution is -0.137. The van der Waals surface area contributed by atoms with Gasteiger partial charge < -0.3 is 9.63 Å². The molecule has 1 aromatic rings. The van der Waals surface area contributed by atoms with Crippen LogP contribution in [0.3, 0.4) is 0 Å². The third-order valence-electron chi connectivity index (χ3n) is 5.48. The molecule has 2 aliphatic carbocycles. The van der Waals surface area contributed by atoms with Crippen LogP contribution in [0, 0.1) is 11.8 Å². The van der Waals surface area contributed by atoms with Crippen molar-refractivity contribution in [3.8, 4) is 0 Å². The fourth-order valence-corrected chi connectivity index (χ4v) is 4.15. The second-order valence-corrected chi connectivity index (χ2v) is 7.99. The average Bonchev–Trinajstić information content (AvgIpc) is 3.19. The van der Waals surface area contributed by atoms with Crippen molar-refractivity contribution in [1.82, 2.24) is 5.16 Å². The van der Waals surface area contributed by atoms with Crippen molar-refractivity contribution in [2.45, 2.75) is 83.5 Å². The van der Waals surface area contributed by atoms with E-state index in [1.54, 1.807) is 0 Å². The fraction of sp³-hybridized carbons (Fsp3) is 0.789. The number of hydrogen-bond acceptors (Lipinski definition) is 3. The average molecular weight is 319 g/mol. The summed E-state index contributed by atoms with van der Waals surface area (Å²) in [5.41, 5.74) is 2.23. The van der Waals surface area contributed by atoms with E-state index in [4.69, 9.17) is 9.63 Å². The molecule has 0 amide bonds. The summed E-state index contributed by atoms with van der Waals surface area (Å²) in [5.74, 6) is 2.99. The van der Waals surface area contributed by atoms with E-state index in [0.29, 0.717) is 11.8 Å². The molecule has 4 heteroatoms. The topological polar surface area (TPSA) is 63.3 Å². The molecule has 1 unspecified atom stereocenters. The Bertz CT molecular complexity index is 553. The van der Waals surface area contributed by atoms with Gasteiger partial charge >= 0.3 is 5.97 Å². The van der Waals surface area contributed by atoms with Crippen molar-refractivity contribution < 1.29 is 14.4 Å². The first-order valence-electron chi connectivity index (χ1n) is 9.20. The van der Waals surface area contributed by atoms with Gasteiger partial charge in [0.05, 0.1) is 12.1 Å². The molecule has 1 heterocycles. The predicted molar refractivity (Wildman–Crippen MR) is 88.7 cm³/mol. The van der Waals surface area contributed by atoms with Gasteiger partial charge in [-0.1, -0.05) is 25.9 Å². The zero-order chi connectivity index (χ0) is 16.6. The summed E-state index contributed by atoms with van der Waals surface area (Å²) in [6.07, 6.45) is 7.08. The van der Waals surface area contributed by atoms with Gasteiger partial charge in [0.25, 0.3) is 0 Å². The molecule has 23 heavy (non-hydrogen) atoms. The number of nitrogens with zero attached hydrogens (tertiary/aromatic N) is 1. The highest BCUT2D eigenvalue weighted by Crippen LogP contribution is 2.52. The van der Waals surface area contributed by atoms with E-state index in [0.717, 1.165) is 29.7 Å². The van der Waals surface area contributed by atoms with Crippen LogP contribution in [0.4, 0.5) is 0 Å². The largest absolute Gasteiger partial charge is 0.481 e. The minimum atomic E-state index is -0.746. The van der Waals surface area contributed by atoms with Crippen LogP contribution in [0.15, 0.2) is 4.52 Å². The van der Waals surface area contributed by atoms with Crippen LogP contribution in [-0.4, -0.2) is 16.2 Å². The summed E-state index contributed by atoms with van der Waals surface area (Å²) in [4.78, 5) is 11.1. The Morgan fingerprint density at radius 2 is 2.00 bits per heavy atom. The third-order valence-corrected chi connectivity index (χ3v) is 5.48. The molecule has 1 atom stereocenters. The van der Waals surface area contributed by atoms with Crippen LogP contribution in [0.5, 0.6) is 0 Å². The van der Waals surface area contributed by atoms with Crippen molar-refractivity contribution in [1.29, 1.82) is 0 Å². The summed E-state index contributed by atoms with van der Waals surface area (Å²) in [5, 5.41) is 13.5. The number of carboxylic acids is 1. The Morgan fingerprint density at radius 3 is 2.52 bits per heavy atom. The third kappa shape index (κ3) is 3.61. The Labute approximate surface area is 138 Å². The zero-order valence-electron chi connectivity index (χ0n) is 14.5. The Balaban J connectivity index is 1.76. The molecule has 0 bridgehead atoms. The molecule has 0 spiro atoms. The molecule has 0 saturated heterocycles. The van der Waals surface area contributed by atoms with E-state index >= 15 is 0 Å². The van der Waals surface area contributed by atoms with E-state index in [2.05, 4.69) is 19.0 Å². The summed E-state index contributed by atoms with van der Waals surface area (Å²) in [6, 6.07) is 0. The molecule has 1 aromatic heterocycles. The minimum absolute atomic E-state index is 0.00728. The predicted octanol–water partition coefficient (Wildman–Crippen LogP) is 5.06. The standard InChI is InChI=1S/C19H29NO3/c1-4-13(10-16(21)22)18-17(14-5-6-14)19(23-20-18)15-8-12(9-15)7-11(2)3/h11-15H,4-10H2,1-3H3,(H,21,22). The van der Waals surface area contributed by atoms with Crippen LogP contribution in [0.1, 0.15) is 100 Å². The van der Waals surface area contributed by atoms with E-state index in [-0.39, 0.29) is 12.3 Å². The van der Waals surface area contributed by atoms with Gasteiger partial charge in [0, 0.05) is 17.4 Å². The molecule has 1 N–H and O–H groups in total. The molecule has 2 fully saturated rings. The van der Waals surface area contributed by atoms with Gasteiger partial charge in [0.1, 0.15) is 5.76 Å². The second kappa shape index (κ2) is 6.66. The molecule has 0 radical (unpaired) electrons. The number of aliphatic carboxylic acids is 1. The number of carboxylic acid groups (broad SMARTS) is 1. The van der Waals surface area contributed by atoms with Crippen LogP contribution in [0.25, 0.3) is 0 Å². The maximum Gasteiger partial charge on any atom is 0.304 e. The first-order valence-corrected chi connectivity index (χ1v) is 9.20. The SMILES string of the molecule is CCC(CC(=O)O)c1noc(C2CC(CC(C)C)C2)c1C1CC1. The van der Waals surface area contributed by atoms with Crippen LogP contribution < -0.4 is 0 Å². The van der Waals surface area contributed by atoms with Crippen molar-refractivity contribution in [3.63, 3.8) is 0 Å². The molecule has 3 rings (SSSR count). The van der Waals surface area contributed by atoms with Gasteiger partial charge in [-0.25, -0.2) is 0 Å². The highest BCUT2D eigenvalue weighted by atomic mass is 16.5. The first kappa shape index (κ1) is 16.5. The molecular weight excluding hydrogens is 290 g/mol. The molecule has 2 aliphatic rings. The Kier molecular flexibility index (Phi) is 4.79. The molecule has 0 aliphatic heterocycles. The molecular formula is C19H29NO3.